The minimum absolute atomic E-state index is 0.192. The van der Waals surface area contributed by atoms with E-state index in [0.29, 0.717) is 5.92 Å². The fourth-order valence-electron chi connectivity index (χ4n) is 0.858. The quantitative estimate of drug-likeness (QED) is 0.459. The maximum Gasteiger partial charge on any atom is 0.118 e. The summed E-state index contributed by atoms with van der Waals surface area (Å²) >= 11 is 0. The Kier molecular flexibility index (Phi) is 1.03. The summed E-state index contributed by atoms with van der Waals surface area (Å²) in [5, 5.41) is 8.64. The van der Waals surface area contributed by atoms with Gasteiger partial charge in [-0.1, -0.05) is 11.8 Å². The largest absolute Gasteiger partial charge is 0.197 e. The van der Waals surface area contributed by atoms with Gasteiger partial charge in [0.05, 0.1) is 6.07 Å². The fraction of sp³-hybridized carbons (Fsp3) is 0.667. The molecule has 0 spiro atoms. The van der Waals surface area contributed by atoms with Gasteiger partial charge in [-0.2, -0.15) is 5.26 Å². The first kappa shape index (κ1) is 5.81. The molecule has 2 aliphatic carbocycles. The Balaban J connectivity index is 2.02. The Labute approximate surface area is 61.0 Å². The molecule has 0 bridgehead atoms. The second-order valence-corrected chi connectivity index (χ2v) is 3.24. The minimum Gasteiger partial charge on any atom is -0.197 e. The Morgan fingerprint density at radius 3 is 2.40 bits per heavy atom. The van der Waals surface area contributed by atoms with Crippen LogP contribution in [0.25, 0.3) is 0 Å². The molecule has 0 saturated heterocycles. The molecule has 50 valence electrons. The molecule has 0 N–H and O–H groups in total. The predicted octanol–water partition coefficient (Wildman–Crippen LogP) is 1.70. The lowest BCUT2D eigenvalue weighted by atomic mass is 10.1. The van der Waals surface area contributed by atoms with Gasteiger partial charge in [0.2, 0.25) is 0 Å². The van der Waals surface area contributed by atoms with Gasteiger partial charge in [0.25, 0.3) is 0 Å². The zero-order chi connectivity index (χ0) is 7.03. The van der Waals surface area contributed by atoms with Gasteiger partial charge in [-0.25, -0.2) is 0 Å². The van der Waals surface area contributed by atoms with Crippen LogP contribution in [0.1, 0.15) is 25.7 Å². The molecule has 0 heterocycles. The number of nitriles is 1. The van der Waals surface area contributed by atoms with Gasteiger partial charge in [-0.3, -0.25) is 0 Å². The molecule has 0 aliphatic heterocycles. The predicted molar refractivity (Wildman–Crippen MR) is 37.8 cm³/mol. The molecule has 2 aliphatic rings. The maximum atomic E-state index is 8.64. The molecule has 0 atom stereocenters. The van der Waals surface area contributed by atoms with E-state index >= 15 is 0 Å². The Morgan fingerprint density at radius 1 is 1.30 bits per heavy atom. The lowest BCUT2D eigenvalue weighted by molar-refractivity contribution is 0.912. The van der Waals surface area contributed by atoms with Crippen LogP contribution in [0.15, 0.2) is 0 Å². The van der Waals surface area contributed by atoms with Gasteiger partial charge in [-0.15, -0.1) is 0 Å². The Bertz CT molecular complexity index is 240. The summed E-state index contributed by atoms with van der Waals surface area (Å²) in [6, 6.07) is 2.26. The maximum absolute atomic E-state index is 8.64. The van der Waals surface area contributed by atoms with Crippen LogP contribution in [0.3, 0.4) is 0 Å². The van der Waals surface area contributed by atoms with Gasteiger partial charge < -0.3 is 0 Å². The Morgan fingerprint density at radius 2 is 2.00 bits per heavy atom. The summed E-state index contributed by atoms with van der Waals surface area (Å²) in [5.41, 5.74) is -0.192. The third kappa shape index (κ3) is 1.00. The van der Waals surface area contributed by atoms with Crippen LogP contribution in [-0.2, 0) is 0 Å². The van der Waals surface area contributed by atoms with E-state index in [0.717, 1.165) is 12.8 Å². The smallest absolute Gasteiger partial charge is 0.118 e. The van der Waals surface area contributed by atoms with E-state index in [1.807, 2.05) is 0 Å². The zero-order valence-corrected chi connectivity index (χ0v) is 5.85. The van der Waals surface area contributed by atoms with Crippen LogP contribution < -0.4 is 0 Å². The van der Waals surface area contributed by atoms with Gasteiger partial charge >= 0.3 is 0 Å². The molecular weight excluding hydrogens is 122 g/mol. The highest BCUT2D eigenvalue weighted by Gasteiger charge is 2.41. The van der Waals surface area contributed by atoms with Crippen LogP contribution in [-0.4, -0.2) is 0 Å². The van der Waals surface area contributed by atoms with E-state index in [4.69, 9.17) is 5.26 Å². The molecule has 0 radical (unpaired) electrons. The van der Waals surface area contributed by atoms with Crippen molar-refractivity contribution < 1.29 is 0 Å². The van der Waals surface area contributed by atoms with E-state index in [1.165, 1.54) is 12.8 Å². The molecule has 0 unspecified atom stereocenters. The van der Waals surface area contributed by atoms with Crippen molar-refractivity contribution in [2.75, 3.05) is 0 Å². The molecule has 1 heteroatoms. The van der Waals surface area contributed by atoms with Crippen molar-refractivity contribution in [2.24, 2.45) is 11.3 Å². The first-order valence-electron chi connectivity index (χ1n) is 3.79. The van der Waals surface area contributed by atoms with Crippen molar-refractivity contribution in [3.63, 3.8) is 0 Å². The van der Waals surface area contributed by atoms with Gasteiger partial charge in [0.15, 0.2) is 0 Å². The van der Waals surface area contributed by atoms with Crippen LogP contribution in [0.4, 0.5) is 0 Å². The van der Waals surface area contributed by atoms with Crippen molar-refractivity contribution in [1.29, 1.82) is 5.26 Å². The van der Waals surface area contributed by atoms with Crippen LogP contribution in [0, 0.1) is 34.5 Å². The summed E-state index contributed by atoms with van der Waals surface area (Å²) in [6.07, 6.45) is 4.52. The topological polar surface area (TPSA) is 23.8 Å². The number of hydrogen-bond acceptors (Lipinski definition) is 1. The summed E-state index contributed by atoms with van der Waals surface area (Å²) in [7, 11) is 0. The fourth-order valence-corrected chi connectivity index (χ4v) is 0.858. The molecule has 0 aromatic rings. The van der Waals surface area contributed by atoms with Crippen molar-refractivity contribution in [1.82, 2.24) is 0 Å². The molecular formula is C9H9N. The van der Waals surface area contributed by atoms with Gasteiger partial charge in [0.1, 0.15) is 5.41 Å². The molecule has 0 amide bonds. The highest BCUT2D eigenvalue weighted by atomic mass is 14.5. The third-order valence-corrected chi connectivity index (χ3v) is 2.06. The van der Waals surface area contributed by atoms with Crippen molar-refractivity contribution >= 4 is 0 Å². The highest BCUT2D eigenvalue weighted by molar-refractivity contribution is 5.30. The zero-order valence-electron chi connectivity index (χ0n) is 5.85. The van der Waals surface area contributed by atoms with Gasteiger partial charge in [-0.05, 0) is 25.7 Å². The molecule has 10 heavy (non-hydrogen) atoms. The normalized spacial score (nSPS) is 25.9. The molecule has 2 fully saturated rings. The van der Waals surface area contributed by atoms with Crippen molar-refractivity contribution in [2.45, 2.75) is 25.7 Å². The second kappa shape index (κ2) is 1.77. The lowest BCUT2D eigenvalue weighted by Gasteiger charge is -1.86. The summed E-state index contributed by atoms with van der Waals surface area (Å²) in [5.74, 6) is 6.85. The number of nitrogens with zero attached hydrogens (tertiary/aromatic N) is 1. The van der Waals surface area contributed by atoms with Crippen LogP contribution >= 0.6 is 0 Å². The van der Waals surface area contributed by atoms with Crippen LogP contribution in [0.5, 0.6) is 0 Å². The summed E-state index contributed by atoms with van der Waals surface area (Å²) in [4.78, 5) is 0. The van der Waals surface area contributed by atoms with E-state index in [-0.39, 0.29) is 5.41 Å². The molecule has 1 nitrogen and oxygen atoms in total. The monoisotopic (exact) mass is 131 g/mol. The molecule has 0 aromatic carbocycles. The number of rotatable bonds is 0. The Hall–Kier alpha value is -0.950. The standard InChI is InChI=1S/C9H9N/c10-7-9(5-6-9)4-3-8-1-2-8/h8H,1-2,5-6H2. The van der Waals surface area contributed by atoms with Gasteiger partial charge in [0, 0.05) is 5.92 Å². The second-order valence-electron chi connectivity index (χ2n) is 3.24. The third-order valence-electron chi connectivity index (χ3n) is 2.06. The minimum atomic E-state index is -0.192. The molecule has 0 aromatic heterocycles. The lowest BCUT2D eigenvalue weighted by Crippen LogP contribution is -1.88. The average Bonchev–Trinajstić information content (AvgIpc) is 2.83. The van der Waals surface area contributed by atoms with E-state index in [1.54, 1.807) is 0 Å². The van der Waals surface area contributed by atoms with E-state index in [9.17, 15) is 0 Å². The van der Waals surface area contributed by atoms with E-state index in [2.05, 4.69) is 17.9 Å². The molecule has 2 saturated carbocycles. The van der Waals surface area contributed by atoms with Crippen molar-refractivity contribution in [3.05, 3.63) is 0 Å². The summed E-state index contributed by atoms with van der Waals surface area (Å²) < 4.78 is 0. The van der Waals surface area contributed by atoms with E-state index < -0.39 is 0 Å². The van der Waals surface area contributed by atoms with Crippen LogP contribution in [0.2, 0.25) is 0 Å². The number of hydrogen-bond donors (Lipinski definition) is 0. The average molecular weight is 131 g/mol. The SMILES string of the molecule is N#CC1(C#CC2CC2)CC1. The summed E-state index contributed by atoms with van der Waals surface area (Å²) in [6.45, 7) is 0. The first-order valence-corrected chi connectivity index (χ1v) is 3.79. The van der Waals surface area contributed by atoms with Crippen molar-refractivity contribution in [3.8, 4) is 17.9 Å². The highest BCUT2D eigenvalue weighted by Crippen LogP contribution is 2.44. The first-order chi connectivity index (χ1) is 4.85. The molecule has 2 rings (SSSR count).